The fourth-order valence-electron chi connectivity index (χ4n) is 3.93. The van der Waals surface area contributed by atoms with Crippen molar-refractivity contribution in [2.75, 3.05) is 6.61 Å². The minimum atomic E-state index is -1.73. The number of hydrogen-bond donors (Lipinski definition) is 8. The first-order valence-electron chi connectivity index (χ1n) is 9.86. The average molecular weight is 452 g/mol. The SMILES string of the molecule is OC[C@H]1O[C@@H](O[C@@H]2[C@@H](c3ccc(O)cc3)Oc3cc(O)cc(O)c3[C@@H]2O)[C@H](O)[C@@H](O)[C@@H]1O. The Morgan fingerprint density at radius 3 is 2.19 bits per heavy atom. The van der Waals surface area contributed by atoms with Gasteiger partial charge in [-0.2, -0.15) is 0 Å². The van der Waals surface area contributed by atoms with Crippen LogP contribution in [0.5, 0.6) is 23.0 Å². The van der Waals surface area contributed by atoms with Crippen molar-refractivity contribution in [1.82, 2.24) is 0 Å². The normalized spacial score (nSPS) is 34.5. The molecule has 0 saturated carbocycles. The van der Waals surface area contributed by atoms with E-state index in [-0.39, 0.29) is 22.8 Å². The topological polar surface area (TPSA) is 190 Å². The van der Waals surface area contributed by atoms with Crippen LogP contribution in [0.15, 0.2) is 36.4 Å². The van der Waals surface area contributed by atoms with Crippen LogP contribution in [0.4, 0.5) is 0 Å². The van der Waals surface area contributed by atoms with E-state index in [1.807, 2.05) is 0 Å². The van der Waals surface area contributed by atoms with Crippen molar-refractivity contribution in [2.24, 2.45) is 0 Å². The van der Waals surface area contributed by atoms with Gasteiger partial charge in [-0.25, -0.2) is 0 Å². The molecule has 2 aromatic carbocycles. The van der Waals surface area contributed by atoms with Gasteiger partial charge in [0.2, 0.25) is 0 Å². The van der Waals surface area contributed by atoms with Gasteiger partial charge in [-0.15, -0.1) is 0 Å². The number of hydrogen-bond acceptors (Lipinski definition) is 11. The van der Waals surface area contributed by atoms with E-state index >= 15 is 0 Å². The second-order valence-corrected chi connectivity index (χ2v) is 7.75. The zero-order valence-corrected chi connectivity index (χ0v) is 16.6. The van der Waals surface area contributed by atoms with E-state index in [4.69, 9.17) is 14.2 Å². The summed E-state index contributed by atoms with van der Waals surface area (Å²) in [4.78, 5) is 0. The molecule has 0 amide bonds. The zero-order valence-electron chi connectivity index (χ0n) is 16.6. The standard InChI is InChI=1S/C21H24O11/c22-7-13-15(26)17(28)18(29)21(31-13)32-20-16(27)14-11(25)5-10(24)6-12(14)30-19(20)8-1-3-9(23)4-2-8/h1-6,13,15-29H,7H2/t13-,15-,16+,17+,18-,19-,20+,21+/m1/s1. The highest BCUT2D eigenvalue weighted by Gasteiger charge is 2.49. The molecule has 0 aromatic heterocycles. The number of fused-ring (bicyclic) bond motifs is 1. The average Bonchev–Trinajstić information content (AvgIpc) is 2.75. The number of phenols is 3. The molecule has 32 heavy (non-hydrogen) atoms. The van der Waals surface area contributed by atoms with Gasteiger partial charge in [0.15, 0.2) is 12.4 Å². The lowest BCUT2D eigenvalue weighted by Gasteiger charge is -2.44. The molecule has 2 aliphatic heterocycles. The van der Waals surface area contributed by atoms with Gasteiger partial charge in [0.05, 0.1) is 12.2 Å². The van der Waals surface area contributed by atoms with Gasteiger partial charge in [0, 0.05) is 12.1 Å². The van der Waals surface area contributed by atoms with Crippen LogP contribution in [0, 0.1) is 0 Å². The van der Waals surface area contributed by atoms with Crippen LogP contribution in [-0.4, -0.2) is 84.3 Å². The van der Waals surface area contributed by atoms with Gasteiger partial charge in [-0.05, 0) is 17.7 Å². The third-order valence-electron chi connectivity index (χ3n) is 5.63. The van der Waals surface area contributed by atoms with E-state index in [1.165, 1.54) is 30.3 Å². The molecule has 0 unspecified atom stereocenters. The van der Waals surface area contributed by atoms with E-state index in [1.54, 1.807) is 0 Å². The van der Waals surface area contributed by atoms with Gasteiger partial charge in [0.1, 0.15) is 59.6 Å². The second-order valence-electron chi connectivity index (χ2n) is 7.75. The van der Waals surface area contributed by atoms with Gasteiger partial charge >= 0.3 is 0 Å². The van der Waals surface area contributed by atoms with Crippen LogP contribution in [0.1, 0.15) is 23.3 Å². The van der Waals surface area contributed by atoms with Crippen molar-refractivity contribution >= 4 is 0 Å². The molecule has 1 fully saturated rings. The Bertz CT molecular complexity index is 948. The molecular weight excluding hydrogens is 428 g/mol. The molecule has 0 aliphatic carbocycles. The Kier molecular flexibility index (Phi) is 6.14. The Morgan fingerprint density at radius 1 is 0.844 bits per heavy atom. The summed E-state index contributed by atoms with van der Waals surface area (Å²) >= 11 is 0. The Labute approximate surface area is 181 Å². The maximum Gasteiger partial charge on any atom is 0.187 e. The summed E-state index contributed by atoms with van der Waals surface area (Å²) in [5.74, 6) is -0.792. The number of aliphatic hydroxyl groups is 5. The molecule has 4 rings (SSSR count). The molecule has 11 heteroatoms. The summed E-state index contributed by atoms with van der Waals surface area (Å²) in [5, 5.41) is 80.5. The number of benzene rings is 2. The Hall–Kier alpha value is -2.64. The Morgan fingerprint density at radius 2 is 1.53 bits per heavy atom. The summed E-state index contributed by atoms with van der Waals surface area (Å²) in [5.41, 5.74) is 0.359. The van der Waals surface area contributed by atoms with Crippen LogP contribution in [-0.2, 0) is 9.47 Å². The third-order valence-corrected chi connectivity index (χ3v) is 5.63. The highest BCUT2D eigenvalue weighted by Crippen LogP contribution is 2.48. The molecule has 2 aliphatic rings. The fraction of sp³-hybridized carbons (Fsp3) is 0.429. The molecule has 8 atom stereocenters. The molecule has 2 aromatic rings. The number of rotatable bonds is 4. The molecule has 8 N–H and O–H groups in total. The fourth-order valence-corrected chi connectivity index (χ4v) is 3.93. The largest absolute Gasteiger partial charge is 0.508 e. The maximum atomic E-state index is 11.0. The summed E-state index contributed by atoms with van der Waals surface area (Å²) in [6, 6.07) is 7.98. The van der Waals surface area contributed by atoms with Crippen molar-refractivity contribution in [3.8, 4) is 23.0 Å². The van der Waals surface area contributed by atoms with Crippen molar-refractivity contribution < 1.29 is 55.1 Å². The quantitative estimate of drug-likeness (QED) is 0.289. The third kappa shape index (κ3) is 3.95. The van der Waals surface area contributed by atoms with Crippen molar-refractivity contribution in [3.05, 3.63) is 47.5 Å². The molecule has 0 bridgehead atoms. The summed E-state index contributed by atoms with van der Waals surface area (Å²) < 4.78 is 17.1. The van der Waals surface area contributed by atoms with E-state index in [0.717, 1.165) is 6.07 Å². The van der Waals surface area contributed by atoms with Crippen LogP contribution in [0.25, 0.3) is 0 Å². The van der Waals surface area contributed by atoms with Crippen molar-refractivity contribution in [1.29, 1.82) is 0 Å². The lowest BCUT2D eigenvalue weighted by molar-refractivity contribution is -0.325. The van der Waals surface area contributed by atoms with E-state index in [0.29, 0.717) is 5.56 Å². The summed E-state index contributed by atoms with van der Waals surface area (Å²) in [6.45, 7) is -0.668. The van der Waals surface area contributed by atoms with Gasteiger partial charge in [-0.3, -0.25) is 0 Å². The van der Waals surface area contributed by atoms with Crippen LogP contribution >= 0.6 is 0 Å². The highest BCUT2D eigenvalue weighted by atomic mass is 16.7. The first-order chi connectivity index (χ1) is 15.2. The predicted octanol–water partition coefficient (Wildman–Crippen LogP) is -0.844. The maximum absolute atomic E-state index is 11.0. The highest BCUT2D eigenvalue weighted by molar-refractivity contribution is 5.53. The molecule has 0 radical (unpaired) electrons. The van der Waals surface area contributed by atoms with E-state index in [2.05, 4.69) is 0 Å². The monoisotopic (exact) mass is 452 g/mol. The number of phenolic OH excluding ortho intramolecular Hbond substituents is 3. The van der Waals surface area contributed by atoms with Crippen LogP contribution < -0.4 is 4.74 Å². The molecular formula is C21H24O11. The summed E-state index contributed by atoms with van der Waals surface area (Å²) in [7, 11) is 0. The first-order valence-corrected chi connectivity index (χ1v) is 9.86. The minimum absolute atomic E-state index is 0.0123. The van der Waals surface area contributed by atoms with Gasteiger partial charge in [-0.1, -0.05) is 12.1 Å². The van der Waals surface area contributed by atoms with Gasteiger partial charge < -0.3 is 55.1 Å². The van der Waals surface area contributed by atoms with Crippen LogP contribution in [0.3, 0.4) is 0 Å². The molecule has 174 valence electrons. The zero-order chi connectivity index (χ0) is 23.2. The van der Waals surface area contributed by atoms with Crippen LogP contribution in [0.2, 0.25) is 0 Å². The predicted molar refractivity (Wildman–Crippen MR) is 105 cm³/mol. The molecule has 1 saturated heterocycles. The van der Waals surface area contributed by atoms with Gasteiger partial charge in [0.25, 0.3) is 0 Å². The number of aromatic hydroxyl groups is 3. The smallest absolute Gasteiger partial charge is 0.187 e. The summed E-state index contributed by atoms with van der Waals surface area (Å²) in [6.07, 6.45) is -11.7. The number of ether oxygens (including phenoxy) is 3. The van der Waals surface area contributed by atoms with Crippen molar-refractivity contribution in [3.63, 3.8) is 0 Å². The molecule has 2 heterocycles. The lowest BCUT2D eigenvalue weighted by atomic mass is 9.91. The molecule has 0 spiro atoms. The van der Waals surface area contributed by atoms with Crippen molar-refractivity contribution in [2.45, 2.75) is 49.0 Å². The number of aliphatic hydroxyl groups excluding tert-OH is 5. The lowest BCUT2D eigenvalue weighted by Crippen LogP contribution is -2.60. The van der Waals surface area contributed by atoms with E-state index in [9.17, 15) is 40.9 Å². The van der Waals surface area contributed by atoms with E-state index < -0.39 is 61.4 Å². The Balaban J connectivity index is 1.71. The second kappa shape index (κ2) is 8.71. The molecule has 11 nitrogen and oxygen atoms in total. The first kappa shape index (κ1) is 22.6. The minimum Gasteiger partial charge on any atom is -0.508 e.